The molecule has 0 radical (unpaired) electrons. The van der Waals surface area contributed by atoms with E-state index in [1.54, 1.807) is 0 Å². The molecule has 0 atom stereocenters. The molecule has 0 amide bonds. The van der Waals surface area contributed by atoms with Gasteiger partial charge in [0.2, 0.25) is 0 Å². The summed E-state index contributed by atoms with van der Waals surface area (Å²) in [5.41, 5.74) is 0. The fourth-order valence-electron chi connectivity index (χ4n) is 0.376. The molecule has 3 heteroatoms. The van der Waals surface area contributed by atoms with Crippen molar-refractivity contribution in [1.29, 1.82) is 0 Å². The van der Waals surface area contributed by atoms with Crippen LogP contribution in [0.15, 0.2) is 12.8 Å². The first-order chi connectivity index (χ1) is 5.18. The zero-order valence-electron chi connectivity index (χ0n) is 7.29. The molecule has 0 aliphatic carbocycles. The van der Waals surface area contributed by atoms with Gasteiger partial charge in [0.15, 0.2) is 6.29 Å². The first-order valence-corrected chi connectivity index (χ1v) is 3.77. The van der Waals surface area contributed by atoms with Gasteiger partial charge in [0.05, 0.1) is 12.9 Å². The molecule has 68 valence electrons. The van der Waals surface area contributed by atoms with E-state index in [0.29, 0.717) is 6.42 Å². The zero-order valence-corrected chi connectivity index (χ0v) is 7.29. The van der Waals surface area contributed by atoms with E-state index in [1.807, 2.05) is 13.8 Å². The number of aliphatic hydroxyl groups excluding tert-OH is 1. The van der Waals surface area contributed by atoms with Gasteiger partial charge in [-0.2, -0.15) is 0 Å². The molecule has 0 aliphatic rings. The molecule has 0 rings (SSSR count). The fourth-order valence-corrected chi connectivity index (χ4v) is 0.376. The van der Waals surface area contributed by atoms with E-state index in [9.17, 15) is 0 Å². The standard InChI is InChI=1S/C4H10O2.C4H8O/c1-2-3-4(5)6;1-3-5-4-2/h4-6H,2-3H2,1H3;3H,1,4H2,2H3. The Balaban J connectivity index is 0. The van der Waals surface area contributed by atoms with Crippen molar-refractivity contribution in [1.82, 2.24) is 0 Å². The molecule has 0 heterocycles. The molecule has 0 saturated heterocycles. The molecular formula is C8H18O3. The Kier molecular flexibility index (Phi) is 14.5. The van der Waals surface area contributed by atoms with E-state index in [1.165, 1.54) is 6.26 Å². The smallest absolute Gasteiger partial charge is 0.151 e. The van der Waals surface area contributed by atoms with Crippen LogP contribution in [0.4, 0.5) is 0 Å². The number of aliphatic hydroxyl groups is 2. The monoisotopic (exact) mass is 162 g/mol. The lowest BCUT2D eigenvalue weighted by Gasteiger charge is -1.94. The molecule has 0 aromatic carbocycles. The SMILES string of the molecule is C=COCC.CCCC(O)O. The van der Waals surface area contributed by atoms with Gasteiger partial charge in [0.1, 0.15) is 0 Å². The van der Waals surface area contributed by atoms with Crippen LogP contribution < -0.4 is 0 Å². The first kappa shape index (κ1) is 13.1. The van der Waals surface area contributed by atoms with Crippen LogP contribution in [-0.4, -0.2) is 23.1 Å². The molecule has 0 saturated carbocycles. The Morgan fingerprint density at radius 2 is 2.00 bits per heavy atom. The zero-order chi connectivity index (χ0) is 9.11. The van der Waals surface area contributed by atoms with Crippen molar-refractivity contribution in [3.05, 3.63) is 12.8 Å². The van der Waals surface area contributed by atoms with Crippen LogP contribution in [0.25, 0.3) is 0 Å². The second-order valence-corrected chi connectivity index (χ2v) is 1.89. The van der Waals surface area contributed by atoms with Gasteiger partial charge in [-0.1, -0.05) is 19.9 Å². The van der Waals surface area contributed by atoms with Crippen molar-refractivity contribution in [2.75, 3.05) is 6.61 Å². The normalized spacial score (nSPS) is 8.45. The minimum atomic E-state index is -1.10. The van der Waals surface area contributed by atoms with Gasteiger partial charge in [-0.25, -0.2) is 0 Å². The maximum atomic E-state index is 8.11. The molecule has 3 nitrogen and oxygen atoms in total. The van der Waals surface area contributed by atoms with Gasteiger partial charge in [-0.05, 0) is 13.3 Å². The topological polar surface area (TPSA) is 49.7 Å². The van der Waals surface area contributed by atoms with Crippen LogP contribution in [0.1, 0.15) is 26.7 Å². The number of ether oxygens (including phenoxy) is 1. The van der Waals surface area contributed by atoms with Crippen LogP contribution in [-0.2, 0) is 4.74 Å². The summed E-state index contributed by atoms with van der Waals surface area (Å²) in [5, 5.41) is 16.2. The van der Waals surface area contributed by atoms with E-state index in [2.05, 4.69) is 11.3 Å². The number of rotatable bonds is 4. The number of hydrogen-bond donors (Lipinski definition) is 2. The van der Waals surface area contributed by atoms with Crippen LogP contribution >= 0.6 is 0 Å². The maximum absolute atomic E-state index is 8.11. The fraction of sp³-hybridized carbons (Fsp3) is 0.750. The van der Waals surface area contributed by atoms with Crippen molar-refractivity contribution >= 4 is 0 Å². The summed E-state index contributed by atoms with van der Waals surface area (Å²) in [6.45, 7) is 7.87. The van der Waals surface area contributed by atoms with Gasteiger partial charge in [0, 0.05) is 0 Å². The van der Waals surface area contributed by atoms with Gasteiger partial charge in [-0.15, -0.1) is 0 Å². The highest BCUT2D eigenvalue weighted by Crippen LogP contribution is 1.88. The lowest BCUT2D eigenvalue weighted by atomic mass is 10.3. The maximum Gasteiger partial charge on any atom is 0.151 e. The molecule has 2 N–H and O–H groups in total. The third kappa shape index (κ3) is 26.5. The molecule has 0 aromatic heterocycles. The molecule has 0 unspecified atom stereocenters. The van der Waals surface area contributed by atoms with Crippen LogP contribution in [0.2, 0.25) is 0 Å². The summed E-state index contributed by atoms with van der Waals surface area (Å²) in [5.74, 6) is 0. The molecule has 0 spiro atoms. The number of hydrogen-bond acceptors (Lipinski definition) is 3. The quantitative estimate of drug-likeness (QED) is 0.483. The van der Waals surface area contributed by atoms with Crippen LogP contribution in [0.5, 0.6) is 0 Å². The van der Waals surface area contributed by atoms with Crippen molar-refractivity contribution in [3.63, 3.8) is 0 Å². The molecule has 0 bridgehead atoms. The minimum absolute atomic E-state index is 0.486. The van der Waals surface area contributed by atoms with Crippen molar-refractivity contribution in [2.45, 2.75) is 33.0 Å². The summed E-state index contributed by atoms with van der Waals surface area (Å²) in [7, 11) is 0. The summed E-state index contributed by atoms with van der Waals surface area (Å²) < 4.78 is 4.60. The molecule has 0 aliphatic heterocycles. The molecule has 0 fully saturated rings. The Bertz CT molecular complexity index is 71.7. The predicted molar refractivity (Wildman–Crippen MR) is 45.0 cm³/mol. The second-order valence-electron chi connectivity index (χ2n) is 1.89. The van der Waals surface area contributed by atoms with Gasteiger partial charge >= 0.3 is 0 Å². The van der Waals surface area contributed by atoms with Crippen molar-refractivity contribution in [3.8, 4) is 0 Å². The lowest BCUT2D eigenvalue weighted by Crippen LogP contribution is -2.01. The largest absolute Gasteiger partial charge is 0.502 e. The van der Waals surface area contributed by atoms with E-state index in [0.717, 1.165) is 13.0 Å². The lowest BCUT2D eigenvalue weighted by molar-refractivity contribution is -0.0453. The second kappa shape index (κ2) is 12.2. The van der Waals surface area contributed by atoms with E-state index in [4.69, 9.17) is 10.2 Å². The minimum Gasteiger partial charge on any atom is -0.502 e. The third-order valence-electron chi connectivity index (χ3n) is 0.831. The van der Waals surface area contributed by atoms with Crippen LogP contribution in [0.3, 0.4) is 0 Å². The Labute approximate surface area is 68.3 Å². The van der Waals surface area contributed by atoms with Crippen molar-refractivity contribution < 1.29 is 14.9 Å². The highest BCUT2D eigenvalue weighted by atomic mass is 16.5. The Morgan fingerprint density at radius 1 is 1.45 bits per heavy atom. The van der Waals surface area contributed by atoms with E-state index < -0.39 is 6.29 Å². The summed E-state index contributed by atoms with van der Waals surface area (Å²) in [6.07, 6.45) is 1.65. The first-order valence-electron chi connectivity index (χ1n) is 3.77. The summed E-state index contributed by atoms with van der Waals surface area (Å²) in [4.78, 5) is 0. The van der Waals surface area contributed by atoms with E-state index in [-0.39, 0.29) is 0 Å². The van der Waals surface area contributed by atoms with Crippen molar-refractivity contribution in [2.24, 2.45) is 0 Å². The van der Waals surface area contributed by atoms with Gasteiger partial charge in [-0.3, -0.25) is 0 Å². The van der Waals surface area contributed by atoms with Crippen LogP contribution in [0, 0.1) is 0 Å². The third-order valence-corrected chi connectivity index (χ3v) is 0.831. The molecular weight excluding hydrogens is 144 g/mol. The molecule has 0 aromatic rings. The summed E-state index contributed by atoms with van der Waals surface area (Å²) >= 11 is 0. The van der Waals surface area contributed by atoms with E-state index >= 15 is 0 Å². The highest BCUT2D eigenvalue weighted by molar-refractivity contribution is 4.45. The Hall–Kier alpha value is -0.540. The average Bonchev–Trinajstić information content (AvgIpc) is 1.90. The Morgan fingerprint density at radius 3 is 2.00 bits per heavy atom. The highest BCUT2D eigenvalue weighted by Gasteiger charge is 1.89. The average molecular weight is 162 g/mol. The van der Waals surface area contributed by atoms with Gasteiger partial charge in [0.25, 0.3) is 0 Å². The molecule has 11 heavy (non-hydrogen) atoms. The van der Waals surface area contributed by atoms with Gasteiger partial charge < -0.3 is 14.9 Å². The summed E-state index contributed by atoms with van der Waals surface area (Å²) in [6, 6.07) is 0. The predicted octanol–water partition coefficient (Wildman–Crippen LogP) is 1.26.